The van der Waals surface area contributed by atoms with Crippen LogP contribution in [-0.4, -0.2) is 31.6 Å². The van der Waals surface area contributed by atoms with Crippen LogP contribution in [0.2, 0.25) is 0 Å². The maximum atomic E-state index is 12.0. The molecule has 1 heterocycles. The van der Waals surface area contributed by atoms with E-state index in [1.807, 2.05) is 13.8 Å². The van der Waals surface area contributed by atoms with Crippen LogP contribution in [-0.2, 0) is 19.0 Å². The molecule has 0 amide bonds. The number of carbonyl (C=O) groups is 1. The first-order valence-corrected chi connectivity index (χ1v) is 15.4. The Hall–Kier alpha value is -1.39. The predicted octanol–water partition coefficient (Wildman–Crippen LogP) is 8.18. The molecule has 0 radical (unpaired) electrons. The van der Waals surface area contributed by atoms with Crippen molar-refractivity contribution >= 4 is 5.97 Å². The third kappa shape index (κ3) is 3.86. The van der Waals surface area contributed by atoms with Crippen molar-refractivity contribution in [3.8, 4) is 0 Å². The Kier molecular flexibility index (Phi) is 7.12. The first-order chi connectivity index (χ1) is 17.9. The number of carbonyl (C=O) groups excluding carboxylic acids is 1. The molecule has 4 heteroatoms. The van der Waals surface area contributed by atoms with E-state index in [1.54, 1.807) is 11.1 Å². The first-order valence-electron chi connectivity index (χ1n) is 15.4. The maximum absolute atomic E-state index is 12.0. The van der Waals surface area contributed by atoms with Gasteiger partial charge in [0, 0.05) is 17.4 Å². The van der Waals surface area contributed by atoms with Gasteiger partial charge < -0.3 is 14.2 Å². The number of rotatable bonds is 6. The summed E-state index contributed by atoms with van der Waals surface area (Å²) in [5, 5.41) is 0. The molecule has 1 aliphatic heterocycles. The van der Waals surface area contributed by atoms with Crippen LogP contribution in [0.5, 0.6) is 0 Å². The van der Waals surface area contributed by atoms with Crippen LogP contribution in [0.15, 0.2) is 34.9 Å². The molecule has 0 unspecified atom stereocenters. The van der Waals surface area contributed by atoms with Gasteiger partial charge in [0.25, 0.3) is 0 Å². The van der Waals surface area contributed by atoms with Gasteiger partial charge in [-0.25, -0.2) is 4.79 Å². The molecule has 5 rings (SSSR count). The van der Waals surface area contributed by atoms with Crippen molar-refractivity contribution < 1.29 is 19.0 Å². The lowest BCUT2D eigenvalue weighted by atomic mass is 9.43. The van der Waals surface area contributed by atoms with Crippen LogP contribution in [0.1, 0.15) is 107 Å². The SMILES string of the molecule is CCOC(=O)/C(C)=C\CC[C@@H](C)[C@H]1CC[C@@]2(C)C3=CC[C@H]4C(C)(C)C5(CC[C@]4(C)C3=CC[C@]12C)OCCO5. The molecule has 4 aliphatic carbocycles. The quantitative estimate of drug-likeness (QED) is 0.260. The molecule has 0 bridgehead atoms. The van der Waals surface area contributed by atoms with Gasteiger partial charge in [0.2, 0.25) is 0 Å². The van der Waals surface area contributed by atoms with Crippen molar-refractivity contribution in [2.45, 2.75) is 113 Å². The third-order valence-corrected chi connectivity index (χ3v) is 12.5. The van der Waals surface area contributed by atoms with Gasteiger partial charge in [-0.3, -0.25) is 0 Å². The minimum atomic E-state index is -0.413. The van der Waals surface area contributed by atoms with Gasteiger partial charge in [-0.05, 0) is 104 Å². The second-order valence-corrected chi connectivity index (χ2v) is 14.4. The highest BCUT2D eigenvalue weighted by atomic mass is 16.7. The summed E-state index contributed by atoms with van der Waals surface area (Å²) in [7, 11) is 0. The van der Waals surface area contributed by atoms with Crippen LogP contribution in [0, 0.1) is 39.4 Å². The molecule has 0 aromatic carbocycles. The highest BCUT2D eigenvalue weighted by molar-refractivity contribution is 5.87. The molecule has 0 N–H and O–H groups in total. The molecule has 4 nitrogen and oxygen atoms in total. The van der Waals surface area contributed by atoms with Crippen LogP contribution in [0.3, 0.4) is 0 Å². The Bertz CT molecular complexity index is 1040. The lowest BCUT2D eigenvalue weighted by Gasteiger charge is -2.63. The van der Waals surface area contributed by atoms with Crippen molar-refractivity contribution in [1.29, 1.82) is 0 Å². The summed E-state index contributed by atoms with van der Waals surface area (Å²) in [6.07, 6.45) is 16.5. The van der Waals surface area contributed by atoms with Crippen molar-refractivity contribution in [3.05, 3.63) is 34.9 Å². The van der Waals surface area contributed by atoms with E-state index in [1.165, 1.54) is 19.3 Å². The van der Waals surface area contributed by atoms with E-state index in [9.17, 15) is 4.79 Å². The maximum Gasteiger partial charge on any atom is 0.333 e. The summed E-state index contributed by atoms with van der Waals surface area (Å²) in [4.78, 5) is 12.0. The zero-order chi connectivity index (χ0) is 27.6. The van der Waals surface area contributed by atoms with Crippen molar-refractivity contribution in [2.75, 3.05) is 19.8 Å². The van der Waals surface area contributed by atoms with E-state index >= 15 is 0 Å². The lowest BCUT2D eigenvalue weighted by Crippen LogP contribution is -2.60. The Morgan fingerprint density at radius 2 is 1.79 bits per heavy atom. The van der Waals surface area contributed by atoms with Gasteiger partial charge in [0.1, 0.15) is 0 Å². The van der Waals surface area contributed by atoms with Gasteiger partial charge >= 0.3 is 5.97 Å². The minimum absolute atomic E-state index is 0.0249. The van der Waals surface area contributed by atoms with Crippen LogP contribution >= 0.6 is 0 Å². The highest BCUT2D eigenvalue weighted by Gasteiger charge is 2.66. The number of esters is 1. The Labute approximate surface area is 231 Å². The summed E-state index contributed by atoms with van der Waals surface area (Å²) >= 11 is 0. The third-order valence-electron chi connectivity index (χ3n) is 12.5. The summed E-state index contributed by atoms with van der Waals surface area (Å²) in [5.41, 5.74) is 4.70. The summed E-state index contributed by atoms with van der Waals surface area (Å²) in [5.74, 6) is 1.25. The monoisotopic (exact) mass is 524 g/mol. The minimum Gasteiger partial charge on any atom is -0.463 e. The van der Waals surface area contributed by atoms with Gasteiger partial charge in [-0.1, -0.05) is 59.8 Å². The van der Waals surface area contributed by atoms with E-state index in [0.717, 1.165) is 50.9 Å². The number of ether oxygens (including phenoxy) is 3. The van der Waals surface area contributed by atoms with E-state index < -0.39 is 5.79 Å². The topological polar surface area (TPSA) is 44.8 Å². The van der Waals surface area contributed by atoms with Crippen LogP contribution in [0.4, 0.5) is 0 Å². The Morgan fingerprint density at radius 3 is 2.47 bits per heavy atom. The molecule has 212 valence electrons. The van der Waals surface area contributed by atoms with E-state index in [-0.39, 0.29) is 27.6 Å². The van der Waals surface area contributed by atoms with Crippen LogP contribution in [0.25, 0.3) is 0 Å². The van der Waals surface area contributed by atoms with Crippen LogP contribution < -0.4 is 0 Å². The van der Waals surface area contributed by atoms with Gasteiger partial charge in [-0.2, -0.15) is 0 Å². The fraction of sp³-hybridized carbons (Fsp3) is 0.794. The molecule has 3 fully saturated rings. The highest BCUT2D eigenvalue weighted by Crippen LogP contribution is 2.73. The molecule has 0 aromatic heterocycles. The summed E-state index contributed by atoms with van der Waals surface area (Å²) in [6.45, 7) is 20.6. The standard InChI is InChI=1S/C34H52O4/c1-9-36-29(35)24(3)12-10-11-23(2)25-15-17-33(8)27-13-14-28-30(4,5)34(37-21-22-38-34)20-19-31(28,6)26(27)16-18-32(25,33)7/h12-13,16,23,25,28H,9-11,14-15,17-22H2,1-8H3/b24-12-/t23-,25-,28+,31-,32-,33+/m1/s1. The zero-order valence-electron chi connectivity index (χ0n) is 25.4. The van der Waals surface area contributed by atoms with Gasteiger partial charge in [0.05, 0.1) is 19.8 Å². The molecule has 1 saturated heterocycles. The molecule has 5 aliphatic rings. The number of fused-ring (bicyclic) bond motifs is 5. The Balaban J connectivity index is 1.37. The fourth-order valence-electron chi connectivity index (χ4n) is 9.94. The number of allylic oxidation sites excluding steroid dienone is 5. The fourth-order valence-corrected chi connectivity index (χ4v) is 9.94. The van der Waals surface area contributed by atoms with Gasteiger partial charge in [0.15, 0.2) is 5.79 Å². The van der Waals surface area contributed by atoms with Crippen molar-refractivity contribution in [3.63, 3.8) is 0 Å². The molecule has 0 aromatic rings. The second kappa shape index (κ2) is 9.61. The van der Waals surface area contributed by atoms with E-state index in [4.69, 9.17) is 14.2 Å². The average Bonchev–Trinajstić information content (AvgIpc) is 3.46. The summed E-state index contributed by atoms with van der Waals surface area (Å²) in [6, 6.07) is 0. The summed E-state index contributed by atoms with van der Waals surface area (Å²) < 4.78 is 17.9. The lowest BCUT2D eigenvalue weighted by molar-refractivity contribution is -0.279. The molecule has 6 atom stereocenters. The predicted molar refractivity (Wildman–Crippen MR) is 152 cm³/mol. The molecule has 2 saturated carbocycles. The smallest absolute Gasteiger partial charge is 0.333 e. The zero-order valence-corrected chi connectivity index (χ0v) is 25.4. The molecule has 1 spiro atoms. The molecule has 38 heavy (non-hydrogen) atoms. The largest absolute Gasteiger partial charge is 0.463 e. The first kappa shape index (κ1) is 28.1. The average molecular weight is 525 g/mol. The van der Waals surface area contributed by atoms with E-state index in [2.05, 4.69) is 59.8 Å². The second-order valence-electron chi connectivity index (χ2n) is 14.4. The van der Waals surface area contributed by atoms with Gasteiger partial charge in [-0.15, -0.1) is 0 Å². The molecular formula is C34H52O4. The van der Waals surface area contributed by atoms with Crippen molar-refractivity contribution in [1.82, 2.24) is 0 Å². The Morgan fingerprint density at radius 1 is 1.08 bits per heavy atom. The number of hydrogen-bond donors (Lipinski definition) is 0. The van der Waals surface area contributed by atoms with E-state index in [0.29, 0.717) is 24.4 Å². The number of hydrogen-bond acceptors (Lipinski definition) is 4. The van der Waals surface area contributed by atoms with Crippen molar-refractivity contribution in [2.24, 2.45) is 39.4 Å². The molecular weight excluding hydrogens is 472 g/mol. The normalized spacial score (nSPS) is 40.1.